The lowest BCUT2D eigenvalue weighted by atomic mass is 10.1. The van der Waals surface area contributed by atoms with Crippen LogP contribution in [-0.2, 0) is 9.47 Å². The lowest BCUT2D eigenvalue weighted by Gasteiger charge is -2.33. The molecule has 0 spiro atoms. The zero-order valence-corrected chi connectivity index (χ0v) is 12.4. The molecule has 0 saturated heterocycles. The van der Waals surface area contributed by atoms with E-state index < -0.39 is 0 Å². The van der Waals surface area contributed by atoms with E-state index in [0.717, 1.165) is 13.0 Å². The molecule has 1 unspecified atom stereocenters. The van der Waals surface area contributed by atoms with Gasteiger partial charge in [0.25, 0.3) is 0 Å². The van der Waals surface area contributed by atoms with Gasteiger partial charge in [-0.05, 0) is 26.0 Å². The van der Waals surface area contributed by atoms with Crippen LogP contribution in [0.2, 0.25) is 0 Å². The van der Waals surface area contributed by atoms with Crippen molar-refractivity contribution < 1.29 is 9.47 Å². The third-order valence-electron chi connectivity index (χ3n) is 3.41. The molecular weight excluding hydrogens is 240 g/mol. The summed E-state index contributed by atoms with van der Waals surface area (Å²) in [5.41, 5.74) is 8.37. The van der Waals surface area contributed by atoms with E-state index in [2.05, 4.69) is 43.0 Å². The Balaban J connectivity index is 2.82. The second-order valence-electron chi connectivity index (χ2n) is 4.65. The molecule has 19 heavy (non-hydrogen) atoms. The van der Waals surface area contributed by atoms with Gasteiger partial charge in [0.15, 0.2) is 6.29 Å². The van der Waals surface area contributed by atoms with Crippen molar-refractivity contribution in [1.29, 1.82) is 0 Å². The molecule has 0 heterocycles. The molecule has 0 radical (unpaired) electrons. The van der Waals surface area contributed by atoms with Crippen LogP contribution >= 0.6 is 0 Å². The fourth-order valence-corrected chi connectivity index (χ4v) is 2.25. The van der Waals surface area contributed by atoms with E-state index in [0.29, 0.717) is 6.54 Å². The summed E-state index contributed by atoms with van der Waals surface area (Å²) >= 11 is 0. The monoisotopic (exact) mass is 266 g/mol. The van der Waals surface area contributed by atoms with Crippen molar-refractivity contribution >= 4 is 5.69 Å². The molecule has 0 amide bonds. The van der Waals surface area contributed by atoms with Crippen LogP contribution in [0.3, 0.4) is 0 Å². The Hall–Kier alpha value is -1.10. The van der Waals surface area contributed by atoms with Crippen LogP contribution < -0.4 is 10.6 Å². The fourth-order valence-electron chi connectivity index (χ4n) is 2.25. The maximum atomic E-state index is 5.92. The zero-order valence-electron chi connectivity index (χ0n) is 12.4. The number of nitrogens with zero attached hydrogens (tertiary/aromatic N) is 1. The molecular formula is C15H26N2O2. The third-order valence-corrected chi connectivity index (χ3v) is 3.41. The number of rotatable bonds is 8. The Morgan fingerprint density at radius 2 is 1.74 bits per heavy atom. The maximum Gasteiger partial charge on any atom is 0.158 e. The highest BCUT2D eigenvalue weighted by Crippen LogP contribution is 2.20. The highest BCUT2D eigenvalue weighted by molar-refractivity contribution is 5.48. The van der Waals surface area contributed by atoms with Gasteiger partial charge < -0.3 is 20.1 Å². The summed E-state index contributed by atoms with van der Waals surface area (Å²) in [7, 11) is 3.31. The largest absolute Gasteiger partial charge is 0.367 e. The Bertz CT molecular complexity index is 350. The van der Waals surface area contributed by atoms with Gasteiger partial charge in [-0.15, -0.1) is 0 Å². The highest BCUT2D eigenvalue weighted by atomic mass is 16.7. The van der Waals surface area contributed by atoms with Crippen molar-refractivity contribution in [3.8, 4) is 0 Å². The Morgan fingerprint density at radius 3 is 2.16 bits per heavy atom. The second-order valence-corrected chi connectivity index (χ2v) is 4.65. The van der Waals surface area contributed by atoms with E-state index in [1.807, 2.05) is 0 Å². The molecule has 1 aromatic carbocycles. The van der Waals surface area contributed by atoms with E-state index in [9.17, 15) is 0 Å². The number of anilines is 1. The van der Waals surface area contributed by atoms with Crippen molar-refractivity contribution in [3.63, 3.8) is 0 Å². The summed E-state index contributed by atoms with van der Waals surface area (Å²) in [6.07, 6.45) is 0.540. The second kappa shape index (κ2) is 8.15. The predicted molar refractivity (Wildman–Crippen MR) is 79.5 cm³/mol. The number of benzene rings is 1. The zero-order chi connectivity index (χ0) is 14.3. The van der Waals surface area contributed by atoms with Crippen LogP contribution in [0.5, 0.6) is 0 Å². The molecule has 0 saturated carbocycles. The first-order valence-corrected chi connectivity index (χ1v) is 6.75. The van der Waals surface area contributed by atoms with Crippen LogP contribution in [0, 0.1) is 6.92 Å². The Morgan fingerprint density at radius 1 is 1.16 bits per heavy atom. The number of hydrogen-bond donors (Lipinski definition) is 1. The van der Waals surface area contributed by atoms with Gasteiger partial charge in [0.2, 0.25) is 0 Å². The van der Waals surface area contributed by atoms with Gasteiger partial charge in [0.05, 0.1) is 0 Å². The molecule has 4 heteroatoms. The first-order valence-electron chi connectivity index (χ1n) is 6.75. The summed E-state index contributed by atoms with van der Waals surface area (Å²) in [5, 5.41) is 0. The average Bonchev–Trinajstić information content (AvgIpc) is 2.45. The topological polar surface area (TPSA) is 47.7 Å². The summed E-state index contributed by atoms with van der Waals surface area (Å²) < 4.78 is 10.6. The van der Waals surface area contributed by atoms with Crippen molar-refractivity contribution in [3.05, 3.63) is 29.8 Å². The van der Waals surface area contributed by atoms with E-state index in [4.69, 9.17) is 15.2 Å². The number of likely N-dealkylation sites (N-methyl/N-ethyl adjacent to an activating group) is 1. The molecule has 0 bridgehead atoms. The number of aryl methyl sites for hydroxylation is 1. The van der Waals surface area contributed by atoms with Gasteiger partial charge >= 0.3 is 0 Å². The summed E-state index contributed by atoms with van der Waals surface area (Å²) in [5.74, 6) is 0. The van der Waals surface area contributed by atoms with Crippen LogP contribution in [0.15, 0.2) is 24.3 Å². The van der Waals surface area contributed by atoms with Crippen LogP contribution in [0.25, 0.3) is 0 Å². The van der Waals surface area contributed by atoms with Crippen LogP contribution in [-0.4, -0.2) is 39.6 Å². The Labute approximate surface area is 116 Å². The van der Waals surface area contributed by atoms with Crippen molar-refractivity contribution in [2.45, 2.75) is 32.6 Å². The first kappa shape index (κ1) is 16.0. The quantitative estimate of drug-likeness (QED) is 0.733. The van der Waals surface area contributed by atoms with Gasteiger partial charge in [-0.2, -0.15) is 0 Å². The summed E-state index contributed by atoms with van der Waals surface area (Å²) in [6.45, 7) is 5.71. The standard InChI is InChI=1S/C15H26N2O2/c1-5-17(13-8-6-12(2)7-9-13)14(11-16)10-15(18-3)19-4/h6-9,14-15H,5,10-11,16H2,1-4H3. The van der Waals surface area contributed by atoms with Crippen molar-refractivity contribution in [1.82, 2.24) is 0 Å². The molecule has 2 N–H and O–H groups in total. The van der Waals surface area contributed by atoms with Gasteiger partial charge in [0, 0.05) is 45.5 Å². The van der Waals surface area contributed by atoms with E-state index in [1.54, 1.807) is 14.2 Å². The minimum atomic E-state index is -0.215. The number of ether oxygens (including phenoxy) is 2. The molecule has 1 atom stereocenters. The smallest absolute Gasteiger partial charge is 0.158 e. The number of methoxy groups -OCH3 is 2. The minimum Gasteiger partial charge on any atom is -0.367 e. The number of nitrogens with two attached hydrogens (primary N) is 1. The normalized spacial score (nSPS) is 12.7. The summed E-state index contributed by atoms with van der Waals surface area (Å²) in [6, 6.07) is 8.72. The minimum absolute atomic E-state index is 0.206. The van der Waals surface area contributed by atoms with Gasteiger partial charge in [0.1, 0.15) is 0 Å². The van der Waals surface area contributed by atoms with E-state index in [-0.39, 0.29) is 12.3 Å². The number of hydrogen-bond acceptors (Lipinski definition) is 4. The third kappa shape index (κ3) is 4.49. The maximum absolute atomic E-state index is 5.92. The molecule has 0 fully saturated rings. The van der Waals surface area contributed by atoms with Gasteiger partial charge in [-0.3, -0.25) is 0 Å². The average molecular weight is 266 g/mol. The van der Waals surface area contributed by atoms with Crippen LogP contribution in [0.1, 0.15) is 18.9 Å². The Kier molecular flexibility index (Phi) is 6.84. The fraction of sp³-hybridized carbons (Fsp3) is 0.600. The predicted octanol–water partition coefficient (Wildman–Crippen LogP) is 2.16. The van der Waals surface area contributed by atoms with E-state index >= 15 is 0 Å². The van der Waals surface area contributed by atoms with Crippen molar-refractivity contribution in [2.75, 3.05) is 32.2 Å². The molecule has 0 aliphatic heterocycles. The molecule has 0 aliphatic carbocycles. The summed E-state index contributed by atoms with van der Waals surface area (Å²) in [4.78, 5) is 2.30. The molecule has 1 rings (SSSR count). The molecule has 0 aliphatic rings. The molecule has 108 valence electrons. The van der Waals surface area contributed by atoms with Crippen LogP contribution in [0.4, 0.5) is 5.69 Å². The van der Waals surface area contributed by atoms with Gasteiger partial charge in [-0.25, -0.2) is 0 Å². The lowest BCUT2D eigenvalue weighted by molar-refractivity contribution is -0.109. The van der Waals surface area contributed by atoms with E-state index in [1.165, 1.54) is 11.3 Å². The van der Waals surface area contributed by atoms with Gasteiger partial charge in [-0.1, -0.05) is 17.7 Å². The molecule has 1 aromatic rings. The molecule has 0 aromatic heterocycles. The first-order chi connectivity index (χ1) is 9.15. The SMILES string of the molecule is CCN(c1ccc(C)cc1)C(CN)CC(OC)OC. The molecule has 4 nitrogen and oxygen atoms in total. The van der Waals surface area contributed by atoms with Crippen molar-refractivity contribution in [2.24, 2.45) is 5.73 Å². The highest BCUT2D eigenvalue weighted by Gasteiger charge is 2.20. The lowest BCUT2D eigenvalue weighted by Crippen LogP contribution is -2.43.